The minimum atomic E-state index is 0.386. The molecule has 0 N–H and O–H groups in total. The van der Waals surface area contributed by atoms with Gasteiger partial charge in [-0.25, -0.2) is 54.8 Å². The number of aryl methyl sites for hydroxylation is 13. The minimum absolute atomic E-state index is 0.386. The SMILES string of the molecule is CC1=Nc2cccc3cccc(c23)N1C.Cc1ccnnc1C.Cc1cncc2ccccc12.Cc1cncnc1C.Cc1cncnc1C.Cc1cnncc1C.Cc1nc(-c2ccncc2)ncc1C#N.Cc1ncc(-c2ccccc2)nc1C#N.Cc1ncnc2c1ncn2C. The van der Waals surface area contributed by atoms with E-state index in [0.717, 1.165) is 73.4 Å². The van der Waals surface area contributed by atoms with Crippen LogP contribution in [-0.2, 0) is 7.05 Å². The fourth-order valence-electron chi connectivity index (χ4n) is 8.78. The number of aromatic nitrogens is 18. The maximum Gasteiger partial charge on any atom is 0.163 e. The van der Waals surface area contributed by atoms with E-state index in [2.05, 4.69) is 164 Å². The van der Waals surface area contributed by atoms with Gasteiger partial charge >= 0.3 is 0 Å². The summed E-state index contributed by atoms with van der Waals surface area (Å²) in [5.74, 6) is 1.66. The van der Waals surface area contributed by atoms with Crippen LogP contribution in [0.15, 0.2) is 208 Å². The third kappa shape index (κ3) is 21.6. The number of hydrogen-bond donors (Lipinski definition) is 0. The molecule has 0 unspecified atom stereocenters. The van der Waals surface area contributed by atoms with E-state index in [-0.39, 0.29) is 0 Å². The molecule has 0 bridgehead atoms. The number of hydrogen-bond acceptors (Lipinski definition) is 21. The molecule has 0 saturated heterocycles. The highest BCUT2D eigenvalue weighted by Crippen LogP contribution is 2.37. The first-order valence-electron chi connectivity index (χ1n) is 31.4. The van der Waals surface area contributed by atoms with Crippen LogP contribution in [0.1, 0.15) is 85.7 Å². The summed E-state index contributed by atoms with van der Waals surface area (Å²) in [7, 11) is 3.98. The molecular formula is C77H78N22. The lowest BCUT2D eigenvalue weighted by atomic mass is 10.0. The van der Waals surface area contributed by atoms with Crippen LogP contribution >= 0.6 is 0 Å². The lowest BCUT2D eigenvalue weighted by molar-refractivity contribution is 0.927. The quantitative estimate of drug-likeness (QED) is 0.155. The molecule has 14 aromatic rings. The fourth-order valence-corrected chi connectivity index (χ4v) is 8.78. The molecule has 4 aromatic carbocycles. The van der Waals surface area contributed by atoms with Gasteiger partial charge in [0.1, 0.15) is 42.5 Å². The highest BCUT2D eigenvalue weighted by atomic mass is 15.2. The van der Waals surface area contributed by atoms with Gasteiger partial charge in [0.15, 0.2) is 17.2 Å². The number of rotatable bonds is 2. The van der Waals surface area contributed by atoms with Crippen LogP contribution in [0.5, 0.6) is 0 Å². The zero-order valence-electron chi connectivity index (χ0n) is 58.4. The van der Waals surface area contributed by atoms with Crippen molar-refractivity contribution in [3.8, 4) is 34.8 Å². The molecule has 22 nitrogen and oxygen atoms in total. The number of aliphatic imine (C=N–C) groups is 1. The number of pyridine rings is 2. The Morgan fingerprint density at radius 2 is 1.03 bits per heavy atom. The highest BCUT2D eigenvalue weighted by molar-refractivity contribution is 6.13. The normalized spacial score (nSPS) is 10.4. The van der Waals surface area contributed by atoms with Gasteiger partial charge in [0.05, 0.1) is 70.3 Å². The van der Waals surface area contributed by atoms with Crippen LogP contribution in [0, 0.1) is 106 Å². The van der Waals surface area contributed by atoms with Crippen molar-refractivity contribution < 1.29 is 0 Å². The Kier molecular flexibility index (Phi) is 27.7. The summed E-state index contributed by atoms with van der Waals surface area (Å²) >= 11 is 0. The third-order valence-corrected chi connectivity index (χ3v) is 15.4. The van der Waals surface area contributed by atoms with Gasteiger partial charge in [-0.3, -0.25) is 15.0 Å². The molecule has 11 heterocycles. The Morgan fingerprint density at radius 3 is 1.60 bits per heavy atom. The topological polar surface area (TPSA) is 287 Å². The second kappa shape index (κ2) is 37.3. The van der Waals surface area contributed by atoms with Crippen molar-refractivity contribution in [3.63, 3.8) is 0 Å². The highest BCUT2D eigenvalue weighted by Gasteiger charge is 2.16. The van der Waals surface area contributed by atoms with E-state index in [1.807, 2.05) is 172 Å². The number of nitriles is 2. The molecule has 0 fully saturated rings. The zero-order valence-corrected chi connectivity index (χ0v) is 58.4. The number of imidazole rings is 1. The third-order valence-electron chi connectivity index (χ3n) is 15.4. The van der Waals surface area contributed by atoms with Crippen LogP contribution in [0.3, 0.4) is 0 Å². The van der Waals surface area contributed by atoms with Crippen molar-refractivity contribution in [2.75, 3.05) is 11.9 Å². The van der Waals surface area contributed by atoms with E-state index in [4.69, 9.17) is 10.5 Å². The summed E-state index contributed by atoms with van der Waals surface area (Å²) < 4.78 is 1.88. The standard InChI is InChI=1S/C13H12N2.C12H9N3.C11H8N4.C10H9N.C7H8N4.4C6H8N2/c1-9-14-11-7-3-5-10-6-4-8-12(13(10)11)15(9)2;1-9-11(7-13)15-12(8-14-9)10-5-3-2-4-6-10;1-8-10(6-12)7-14-11(15-8)9-2-4-13-5-3-9;1-8-6-11-7-9-4-2-3-5-10(8)9;1-5-6-7(9-3-8-5)11(2)4-10-6;2*1-5-3-7-4-8-6(5)2;1-5-3-7-8-4-6(5)2;1-5-3-4-7-8-6(5)2/h3-8H,1-2H3;2-6,8H,1H3;2-5,7H,1H3;2-7H,1H3;3-4H,1-2H3;4*3-4H,1-2H3. The van der Waals surface area contributed by atoms with Crippen molar-refractivity contribution >= 4 is 49.9 Å². The van der Waals surface area contributed by atoms with E-state index in [1.165, 1.54) is 55.7 Å². The molecule has 0 spiro atoms. The van der Waals surface area contributed by atoms with Crippen LogP contribution < -0.4 is 4.90 Å². The number of nitrogens with zero attached hydrogens (tertiary/aromatic N) is 22. The van der Waals surface area contributed by atoms with Crippen molar-refractivity contribution in [3.05, 3.63) is 281 Å². The molecule has 15 rings (SSSR count). The summed E-state index contributed by atoms with van der Waals surface area (Å²) in [5.41, 5.74) is 20.1. The molecule has 0 radical (unpaired) electrons. The summed E-state index contributed by atoms with van der Waals surface area (Å²) in [4.78, 5) is 59.4. The van der Waals surface area contributed by atoms with Crippen molar-refractivity contribution in [1.82, 2.24) is 89.8 Å². The zero-order chi connectivity index (χ0) is 71.2. The number of anilines is 1. The Labute approximate surface area is 577 Å². The van der Waals surface area contributed by atoms with Gasteiger partial charge in [0.25, 0.3) is 0 Å². The van der Waals surface area contributed by atoms with E-state index in [1.54, 1.807) is 76.3 Å². The van der Waals surface area contributed by atoms with Crippen LogP contribution in [0.4, 0.5) is 11.4 Å². The van der Waals surface area contributed by atoms with E-state index in [9.17, 15) is 0 Å². The first-order chi connectivity index (χ1) is 47.8. The Bertz CT molecular complexity index is 4780. The monoisotopic (exact) mass is 1310 g/mol. The Hall–Kier alpha value is -12.8. The Morgan fingerprint density at radius 1 is 0.404 bits per heavy atom. The minimum Gasteiger partial charge on any atom is -0.333 e. The van der Waals surface area contributed by atoms with E-state index >= 15 is 0 Å². The molecule has 0 aliphatic carbocycles. The van der Waals surface area contributed by atoms with E-state index in [0.29, 0.717) is 28.5 Å². The predicted molar refractivity (Wildman–Crippen MR) is 390 cm³/mol. The van der Waals surface area contributed by atoms with Crippen molar-refractivity contribution in [2.24, 2.45) is 12.0 Å². The number of amidine groups is 1. The fraction of sp³-hybridized carbons (Fsp3) is 0.195. The molecule has 22 heteroatoms. The van der Waals surface area contributed by atoms with Gasteiger partial charge in [0, 0.05) is 97.0 Å². The largest absolute Gasteiger partial charge is 0.333 e. The second-order valence-corrected chi connectivity index (χ2v) is 22.5. The van der Waals surface area contributed by atoms with Crippen molar-refractivity contribution in [1.29, 1.82) is 10.5 Å². The van der Waals surface area contributed by atoms with Crippen LogP contribution in [-0.4, -0.2) is 103 Å². The summed E-state index contributed by atoms with van der Waals surface area (Å²) in [5, 5.41) is 37.5. The lowest BCUT2D eigenvalue weighted by Crippen LogP contribution is -2.25. The van der Waals surface area contributed by atoms with Crippen molar-refractivity contribution in [2.45, 2.75) is 90.0 Å². The maximum atomic E-state index is 8.84. The lowest BCUT2D eigenvalue weighted by Gasteiger charge is -2.25. The van der Waals surface area contributed by atoms with Gasteiger partial charge in [-0.05, 0) is 164 Å². The average molecular weight is 1310 g/mol. The molecule has 496 valence electrons. The molecule has 99 heavy (non-hydrogen) atoms. The molecule has 0 amide bonds. The number of benzene rings is 4. The van der Waals surface area contributed by atoms with Gasteiger partial charge in [-0.1, -0.05) is 78.9 Å². The molecular weight excluding hydrogens is 1230 g/mol. The van der Waals surface area contributed by atoms with Crippen LogP contribution in [0.2, 0.25) is 0 Å². The molecule has 1 aliphatic heterocycles. The van der Waals surface area contributed by atoms with Gasteiger partial charge in [-0.2, -0.15) is 30.9 Å². The molecule has 1 aliphatic rings. The smallest absolute Gasteiger partial charge is 0.163 e. The summed E-state index contributed by atoms with van der Waals surface area (Å²) in [6.45, 7) is 25.5. The molecule has 10 aromatic heterocycles. The van der Waals surface area contributed by atoms with Gasteiger partial charge in [0.2, 0.25) is 0 Å². The first-order valence-corrected chi connectivity index (χ1v) is 31.4. The van der Waals surface area contributed by atoms with Crippen LogP contribution in [0.25, 0.3) is 55.4 Å². The second-order valence-electron chi connectivity index (χ2n) is 22.5. The predicted octanol–water partition coefficient (Wildman–Crippen LogP) is 15.0. The van der Waals surface area contributed by atoms with E-state index < -0.39 is 0 Å². The molecule has 0 atom stereocenters. The number of fused-ring (bicyclic) bond motifs is 2. The average Bonchev–Trinajstić information content (AvgIpc) is 1.19. The van der Waals surface area contributed by atoms with Gasteiger partial charge in [-0.15, -0.1) is 0 Å². The summed E-state index contributed by atoms with van der Waals surface area (Å²) in [6, 6.07) is 40.3. The summed E-state index contributed by atoms with van der Waals surface area (Å²) in [6.07, 6.45) is 25.6. The molecule has 0 saturated carbocycles. The Balaban J connectivity index is 0.000000159. The first kappa shape index (κ1) is 73.6. The van der Waals surface area contributed by atoms with Gasteiger partial charge < -0.3 is 9.47 Å². The maximum absolute atomic E-state index is 8.84.